The molecule has 0 aromatic heterocycles. The third kappa shape index (κ3) is 5.48. The Labute approximate surface area is 254 Å². The summed E-state index contributed by atoms with van der Waals surface area (Å²) in [4.78, 5) is 11.8. The van der Waals surface area contributed by atoms with Gasteiger partial charge >= 0.3 is 5.97 Å². The zero-order valence-corrected chi connectivity index (χ0v) is 26.0. The van der Waals surface area contributed by atoms with Crippen LogP contribution in [-0.4, -0.2) is 113 Å². The number of aliphatic hydroxyl groups is 7. The average molecular weight is 615 g/mol. The first-order valence-corrected chi connectivity index (χ1v) is 16.4. The minimum absolute atomic E-state index is 0.0293. The van der Waals surface area contributed by atoms with Crippen molar-refractivity contribution in [3.63, 3.8) is 0 Å². The predicted molar refractivity (Wildman–Crippen MR) is 154 cm³/mol. The van der Waals surface area contributed by atoms with E-state index in [9.17, 15) is 45.6 Å². The molecule has 0 bridgehead atoms. The van der Waals surface area contributed by atoms with Crippen LogP contribution in [0.15, 0.2) is 0 Å². The monoisotopic (exact) mass is 614 g/mol. The first-order chi connectivity index (χ1) is 20.0. The Hall–Kier alpha value is -0.890. The number of hydrogen-bond acceptors (Lipinski definition) is 10. The molecule has 4 saturated carbocycles. The maximum absolute atomic E-state index is 11.8. The second-order valence-electron chi connectivity index (χ2n) is 15.2. The molecule has 0 aromatic rings. The van der Waals surface area contributed by atoms with Crippen LogP contribution < -0.4 is 0 Å². The van der Waals surface area contributed by atoms with E-state index >= 15 is 0 Å². The summed E-state index contributed by atoms with van der Waals surface area (Å²) in [6.07, 6.45) is 0.281. The third-order valence-electron chi connectivity index (χ3n) is 13.1. The maximum atomic E-state index is 11.8. The molecule has 43 heavy (non-hydrogen) atoms. The van der Waals surface area contributed by atoms with Crippen molar-refractivity contribution in [3.05, 3.63) is 0 Å². The van der Waals surface area contributed by atoms with Crippen LogP contribution in [0.1, 0.15) is 91.9 Å². The molecule has 6 rings (SSSR count). The van der Waals surface area contributed by atoms with Gasteiger partial charge in [-0.2, -0.15) is 0 Å². The molecule has 0 aromatic carbocycles. The SMILES string of the molecule is CC1O[C@@H]([C@H]2C[C@@H](O)[C@H](O)C(C)O2)C[C@@H](O)[C@@H]1O.C[C@]12CC[C@H](O)C[C@H]1CC[C@@H]1[C@@H]2C[C@@H](O)[C@]2(C)[C@@H](C(=O)O)CC[C@]12O. The molecule has 11 heteroatoms. The van der Waals surface area contributed by atoms with Crippen LogP contribution in [0.25, 0.3) is 0 Å². The van der Waals surface area contributed by atoms with Crippen LogP contribution in [-0.2, 0) is 14.3 Å². The van der Waals surface area contributed by atoms with E-state index in [1.807, 2.05) is 0 Å². The van der Waals surface area contributed by atoms with E-state index in [2.05, 4.69) is 6.92 Å². The normalized spacial score (nSPS) is 56.5. The van der Waals surface area contributed by atoms with Gasteiger partial charge in [0.2, 0.25) is 0 Å². The van der Waals surface area contributed by atoms with Crippen LogP contribution in [0, 0.1) is 34.5 Å². The van der Waals surface area contributed by atoms with E-state index in [0.717, 1.165) is 32.1 Å². The van der Waals surface area contributed by atoms with Gasteiger partial charge in [-0.1, -0.05) is 13.8 Å². The van der Waals surface area contributed by atoms with E-state index in [0.29, 0.717) is 25.2 Å². The highest BCUT2D eigenvalue weighted by molar-refractivity contribution is 5.72. The molecule has 0 spiro atoms. The van der Waals surface area contributed by atoms with Gasteiger partial charge in [0.25, 0.3) is 0 Å². The average Bonchev–Trinajstić information content (AvgIpc) is 3.24. The summed E-state index contributed by atoms with van der Waals surface area (Å²) in [5, 5.41) is 81.2. The first kappa shape index (κ1) is 33.5. The molecule has 11 nitrogen and oxygen atoms in total. The maximum Gasteiger partial charge on any atom is 0.307 e. The van der Waals surface area contributed by atoms with Crippen molar-refractivity contribution < 1.29 is 55.1 Å². The fourth-order valence-corrected chi connectivity index (χ4v) is 10.3. The molecule has 6 aliphatic rings. The van der Waals surface area contributed by atoms with Gasteiger partial charge in [0.15, 0.2) is 0 Å². The molecule has 0 amide bonds. The Kier molecular flexibility index (Phi) is 9.37. The first-order valence-electron chi connectivity index (χ1n) is 16.4. The van der Waals surface area contributed by atoms with Crippen LogP contribution in [0.5, 0.6) is 0 Å². The molecule has 2 heterocycles. The minimum atomic E-state index is -1.09. The molecule has 6 fully saturated rings. The standard InChI is InChI=1S/C20H32O5.C12H22O6/c1-18-7-5-12(21)9-11(18)3-4-13-15(18)10-16(22)19(2)14(17(23)24)6-8-20(13,19)25;1-5-11(15)7(13)3-9(17-5)10-4-8(14)12(16)6(2)18-10/h11-16,21-22,25H,3-10H2,1-2H3,(H,23,24);5-16H,3-4H2,1-2H3/t11-,12+,13-,14-,15+,16-,18+,19+,20+;5?,6?,7-,8-,9-,10-,11-,12-/m11/s1. The Morgan fingerprint density at radius 2 is 1.28 bits per heavy atom. The van der Waals surface area contributed by atoms with Gasteiger partial charge in [0, 0.05) is 18.3 Å². The van der Waals surface area contributed by atoms with Gasteiger partial charge in [-0.15, -0.1) is 0 Å². The molecular weight excluding hydrogens is 560 g/mol. The predicted octanol–water partition coefficient (Wildman–Crippen LogP) is 0.961. The van der Waals surface area contributed by atoms with Crippen molar-refractivity contribution >= 4 is 5.97 Å². The Bertz CT molecular complexity index is 960. The molecular formula is C32H54O11. The lowest BCUT2D eigenvalue weighted by Gasteiger charge is -2.64. The van der Waals surface area contributed by atoms with Crippen molar-refractivity contribution in [2.24, 2.45) is 34.5 Å². The molecule has 4 aliphatic carbocycles. The van der Waals surface area contributed by atoms with Crippen LogP contribution in [0.2, 0.25) is 0 Å². The van der Waals surface area contributed by atoms with E-state index < -0.39 is 65.6 Å². The summed E-state index contributed by atoms with van der Waals surface area (Å²) in [7, 11) is 0. The largest absolute Gasteiger partial charge is 0.481 e. The highest BCUT2D eigenvalue weighted by atomic mass is 16.6. The fraction of sp³-hybridized carbons (Fsp3) is 0.969. The molecule has 8 N–H and O–H groups in total. The summed E-state index contributed by atoms with van der Waals surface area (Å²) in [5.41, 5.74) is -2.03. The highest BCUT2D eigenvalue weighted by Gasteiger charge is 2.71. The van der Waals surface area contributed by atoms with Gasteiger partial charge in [-0.25, -0.2) is 0 Å². The molecule has 2 aliphatic heterocycles. The number of carboxylic acid groups (broad SMARTS) is 1. The number of ether oxygens (including phenoxy) is 2. The van der Waals surface area contributed by atoms with E-state index in [-0.39, 0.29) is 48.4 Å². The van der Waals surface area contributed by atoms with Crippen molar-refractivity contribution in [3.8, 4) is 0 Å². The molecule has 248 valence electrons. The van der Waals surface area contributed by atoms with Crippen molar-refractivity contribution in [2.45, 2.75) is 159 Å². The van der Waals surface area contributed by atoms with Crippen LogP contribution in [0.3, 0.4) is 0 Å². The highest BCUT2D eigenvalue weighted by Crippen LogP contribution is 2.69. The second kappa shape index (κ2) is 12.0. The number of fused-ring (bicyclic) bond motifs is 5. The summed E-state index contributed by atoms with van der Waals surface area (Å²) < 4.78 is 11.2. The lowest BCUT2D eigenvalue weighted by molar-refractivity contribution is -0.248. The quantitative estimate of drug-likeness (QED) is 0.221. The summed E-state index contributed by atoms with van der Waals surface area (Å²) in [5.74, 6) is -0.862. The third-order valence-corrected chi connectivity index (χ3v) is 13.1. The Morgan fingerprint density at radius 1 is 0.721 bits per heavy atom. The van der Waals surface area contributed by atoms with Crippen molar-refractivity contribution in [1.29, 1.82) is 0 Å². The van der Waals surface area contributed by atoms with Gasteiger partial charge in [-0.3, -0.25) is 4.79 Å². The number of carboxylic acids is 1. The Morgan fingerprint density at radius 3 is 1.79 bits per heavy atom. The van der Waals surface area contributed by atoms with Gasteiger partial charge in [-0.05, 0) is 88.4 Å². The zero-order chi connectivity index (χ0) is 31.6. The van der Waals surface area contributed by atoms with Crippen molar-refractivity contribution in [2.75, 3.05) is 0 Å². The van der Waals surface area contributed by atoms with E-state index in [4.69, 9.17) is 9.47 Å². The molecule has 2 saturated heterocycles. The van der Waals surface area contributed by atoms with Crippen LogP contribution in [0.4, 0.5) is 0 Å². The molecule has 2 unspecified atom stereocenters. The molecule has 0 radical (unpaired) electrons. The van der Waals surface area contributed by atoms with Gasteiger partial charge in [0.05, 0.1) is 60.4 Å². The fourth-order valence-electron chi connectivity index (χ4n) is 10.3. The van der Waals surface area contributed by atoms with Crippen molar-refractivity contribution in [1.82, 2.24) is 0 Å². The smallest absolute Gasteiger partial charge is 0.307 e. The number of hydrogen-bond donors (Lipinski definition) is 8. The molecule has 17 atom stereocenters. The van der Waals surface area contributed by atoms with Gasteiger partial charge < -0.3 is 50.3 Å². The topological polar surface area (TPSA) is 197 Å². The van der Waals surface area contributed by atoms with Crippen LogP contribution >= 0.6 is 0 Å². The second-order valence-corrected chi connectivity index (χ2v) is 15.2. The summed E-state index contributed by atoms with van der Waals surface area (Å²) in [6, 6.07) is 0. The lowest BCUT2D eigenvalue weighted by Crippen LogP contribution is -2.67. The van der Waals surface area contributed by atoms with Gasteiger partial charge in [0.1, 0.15) is 12.2 Å². The lowest BCUT2D eigenvalue weighted by atomic mass is 9.42. The Balaban J connectivity index is 0.000000181. The number of aliphatic hydroxyl groups excluding tert-OH is 6. The van der Waals surface area contributed by atoms with E-state index in [1.165, 1.54) is 0 Å². The summed E-state index contributed by atoms with van der Waals surface area (Å²) in [6.45, 7) is 7.47. The summed E-state index contributed by atoms with van der Waals surface area (Å²) >= 11 is 0. The van der Waals surface area contributed by atoms with E-state index in [1.54, 1.807) is 20.8 Å². The number of carbonyl (C=O) groups is 1. The number of aliphatic carboxylic acids is 1. The minimum Gasteiger partial charge on any atom is -0.481 e. The number of rotatable bonds is 2. The zero-order valence-electron chi connectivity index (χ0n) is 26.0.